The molecule has 0 aliphatic carbocycles. The Morgan fingerprint density at radius 1 is 1.13 bits per heavy atom. The summed E-state index contributed by atoms with van der Waals surface area (Å²) in [5, 5.41) is 15.6. The number of hydrogen-bond donors (Lipinski definition) is 2. The van der Waals surface area contributed by atoms with Crippen LogP contribution in [0.25, 0.3) is 5.69 Å². The highest BCUT2D eigenvalue weighted by atomic mass is 35.5. The Balaban J connectivity index is 1.54. The molecule has 0 aliphatic rings. The Morgan fingerprint density at radius 3 is 2.63 bits per heavy atom. The molecule has 0 unspecified atom stereocenters. The van der Waals surface area contributed by atoms with Crippen LogP contribution in [0, 0.1) is 0 Å². The van der Waals surface area contributed by atoms with E-state index >= 15 is 0 Å². The molecule has 0 saturated heterocycles. The second-order valence-electron chi connectivity index (χ2n) is 7.60. The summed E-state index contributed by atoms with van der Waals surface area (Å²) in [6, 6.07) is 13.2. The molecular formula is C24H19ClF3N5O3S2. The molecule has 8 nitrogen and oxygen atoms in total. The Kier molecular flexibility index (Phi) is 8.59. The van der Waals surface area contributed by atoms with Crippen LogP contribution in [0.15, 0.2) is 65.1 Å². The number of ether oxygens (including phenoxy) is 1. The highest BCUT2D eigenvalue weighted by Gasteiger charge is 2.31. The number of para-hydroxylation sites is 2. The molecule has 14 heteroatoms. The lowest BCUT2D eigenvalue weighted by atomic mass is 10.2. The van der Waals surface area contributed by atoms with Gasteiger partial charge >= 0.3 is 6.18 Å². The highest BCUT2D eigenvalue weighted by molar-refractivity contribution is 7.99. The van der Waals surface area contributed by atoms with Gasteiger partial charge in [-0.15, -0.1) is 21.5 Å². The third-order valence-electron chi connectivity index (χ3n) is 5.08. The van der Waals surface area contributed by atoms with Crippen molar-refractivity contribution in [1.82, 2.24) is 20.1 Å². The number of aromatic nitrogens is 3. The van der Waals surface area contributed by atoms with Crippen molar-refractivity contribution in [2.75, 3.05) is 18.2 Å². The number of carbonyl (C=O) groups excluding carboxylic acids is 2. The second kappa shape index (κ2) is 11.9. The van der Waals surface area contributed by atoms with Crippen molar-refractivity contribution in [2.45, 2.75) is 17.9 Å². The fraction of sp³-hybridized carbons (Fsp3) is 0.167. The molecule has 0 fully saturated rings. The summed E-state index contributed by atoms with van der Waals surface area (Å²) in [6.07, 6.45) is -4.58. The van der Waals surface area contributed by atoms with Crippen molar-refractivity contribution in [1.29, 1.82) is 0 Å². The van der Waals surface area contributed by atoms with Gasteiger partial charge in [0.2, 0.25) is 5.91 Å². The van der Waals surface area contributed by atoms with Crippen LogP contribution < -0.4 is 15.4 Å². The van der Waals surface area contributed by atoms with Gasteiger partial charge in [0.15, 0.2) is 11.0 Å². The van der Waals surface area contributed by atoms with E-state index < -0.39 is 17.6 Å². The van der Waals surface area contributed by atoms with Crippen molar-refractivity contribution < 1.29 is 27.5 Å². The molecule has 198 valence electrons. The van der Waals surface area contributed by atoms with E-state index in [2.05, 4.69) is 20.8 Å². The zero-order valence-electron chi connectivity index (χ0n) is 19.6. The Hall–Kier alpha value is -3.55. The smallest absolute Gasteiger partial charge is 0.416 e. The number of alkyl halides is 3. The van der Waals surface area contributed by atoms with Crippen LogP contribution in [-0.4, -0.2) is 39.4 Å². The van der Waals surface area contributed by atoms with Crippen LogP contribution in [-0.2, 0) is 17.5 Å². The first-order chi connectivity index (χ1) is 18.2. The van der Waals surface area contributed by atoms with E-state index in [1.54, 1.807) is 46.3 Å². The third-order valence-corrected chi connectivity index (χ3v) is 7.21. The molecule has 2 heterocycles. The van der Waals surface area contributed by atoms with E-state index in [4.69, 9.17) is 16.3 Å². The van der Waals surface area contributed by atoms with E-state index in [0.717, 1.165) is 30.0 Å². The minimum Gasteiger partial charge on any atom is -0.495 e. The topological polar surface area (TPSA) is 98.1 Å². The molecule has 2 N–H and O–H groups in total. The lowest BCUT2D eigenvalue weighted by Crippen LogP contribution is -2.24. The number of methoxy groups -OCH3 is 1. The largest absolute Gasteiger partial charge is 0.495 e. The molecule has 0 radical (unpaired) electrons. The van der Waals surface area contributed by atoms with Crippen LogP contribution in [0.1, 0.15) is 21.1 Å². The number of amides is 2. The standard InChI is InChI=1S/C24H19ClF3N5O3S2/c1-36-18-6-3-2-5-17(18)33-20(12-29-22(35)19-7-4-10-37-19)31-32-23(33)38-13-21(34)30-16-11-14(24(26,27)28)8-9-15(16)25/h2-11H,12-13H2,1H3,(H,29,35)(H,30,34). The molecular weight excluding hydrogens is 563 g/mol. The summed E-state index contributed by atoms with van der Waals surface area (Å²) in [7, 11) is 1.50. The lowest BCUT2D eigenvalue weighted by Gasteiger charge is -2.14. The first kappa shape index (κ1) is 27.5. The molecule has 4 aromatic rings. The fourth-order valence-electron chi connectivity index (χ4n) is 3.33. The molecule has 2 amide bonds. The maximum Gasteiger partial charge on any atom is 0.416 e. The van der Waals surface area contributed by atoms with E-state index in [0.29, 0.717) is 27.3 Å². The normalized spacial score (nSPS) is 11.3. The van der Waals surface area contributed by atoms with Gasteiger partial charge in [-0.05, 0) is 41.8 Å². The maximum absolute atomic E-state index is 13.1. The minimum absolute atomic E-state index is 0.0303. The molecule has 0 saturated carbocycles. The first-order valence-corrected chi connectivity index (χ1v) is 13.1. The number of hydrogen-bond acceptors (Lipinski definition) is 7. The molecule has 38 heavy (non-hydrogen) atoms. The van der Waals surface area contributed by atoms with Gasteiger partial charge in [0.05, 0.1) is 46.2 Å². The van der Waals surface area contributed by atoms with Crippen molar-refractivity contribution in [3.8, 4) is 11.4 Å². The van der Waals surface area contributed by atoms with Gasteiger partial charge in [-0.3, -0.25) is 14.2 Å². The van der Waals surface area contributed by atoms with Crippen molar-refractivity contribution in [2.24, 2.45) is 0 Å². The summed E-state index contributed by atoms with van der Waals surface area (Å²) < 4.78 is 46.3. The lowest BCUT2D eigenvalue weighted by molar-refractivity contribution is -0.137. The fourth-order valence-corrected chi connectivity index (χ4v) is 4.90. The number of benzene rings is 2. The number of carbonyl (C=O) groups is 2. The van der Waals surface area contributed by atoms with E-state index in [1.165, 1.54) is 18.4 Å². The van der Waals surface area contributed by atoms with Crippen LogP contribution in [0.2, 0.25) is 5.02 Å². The van der Waals surface area contributed by atoms with Gasteiger partial charge in [0.1, 0.15) is 5.75 Å². The average molecular weight is 582 g/mol. The molecule has 0 aliphatic heterocycles. The van der Waals surface area contributed by atoms with Gasteiger partial charge in [0, 0.05) is 0 Å². The molecule has 0 atom stereocenters. The highest BCUT2D eigenvalue weighted by Crippen LogP contribution is 2.34. The summed E-state index contributed by atoms with van der Waals surface area (Å²) in [5.41, 5.74) is -0.519. The zero-order chi connectivity index (χ0) is 27.3. The van der Waals surface area contributed by atoms with Crippen LogP contribution in [0.3, 0.4) is 0 Å². The predicted octanol–water partition coefficient (Wildman–Crippen LogP) is 5.67. The van der Waals surface area contributed by atoms with Gasteiger partial charge < -0.3 is 15.4 Å². The number of halogens is 4. The van der Waals surface area contributed by atoms with Gasteiger partial charge in [0.25, 0.3) is 5.91 Å². The molecule has 2 aromatic carbocycles. The number of nitrogens with one attached hydrogen (secondary N) is 2. The average Bonchev–Trinajstić information content (AvgIpc) is 3.57. The van der Waals surface area contributed by atoms with Crippen LogP contribution >= 0.6 is 34.7 Å². The zero-order valence-corrected chi connectivity index (χ0v) is 22.0. The number of anilines is 1. The van der Waals surface area contributed by atoms with Gasteiger partial charge in [-0.2, -0.15) is 13.2 Å². The quantitative estimate of drug-likeness (QED) is 0.247. The summed E-state index contributed by atoms with van der Waals surface area (Å²) in [4.78, 5) is 25.6. The second-order valence-corrected chi connectivity index (χ2v) is 9.89. The van der Waals surface area contributed by atoms with Crippen LogP contribution in [0.4, 0.5) is 18.9 Å². The van der Waals surface area contributed by atoms with Crippen LogP contribution in [0.5, 0.6) is 5.75 Å². The van der Waals surface area contributed by atoms with Crippen molar-refractivity contribution in [3.05, 3.63) is 81.3 Å². The summed E-state index contributed by atoms with van der Waals surface area (Å²) >= 11 is 8.28. The maximum atomic E-state index is 13.1. The predicted molar refractivity (Wildman–Crippen MR) is 139 cm³/mol. The summed E-state index contributed by atoms with van der Waals surface area (Å²) in [6.45, 7) is 0.0361. The summed E-state index contributed by atoms with van der Waals surface area (Å²) in [5.74, 6) is -0.204. The number of rotatable bonds is 9. The SMILES string of the molecule is COc1ccccc1-n1c(CNC(=O)c2cccs2)nnc1SCC(=O)Nc1cc(C(F)(F)F)ccc1Cl. The van der Waals surface area contributed by atoms with E-state index in [-0.39, 0.29) is 28.9 Å². The van der Waals surface area contributed by atoms with Gasteiger partial charge in [-0.25, -0.2) is 0 Å². The van der Waals surface area contributed by atoms with Crippen molar-refractivity contribution in [3.63, 3.8) is 0 Å². The first-order valence-electron chi connectivity index (χ1n) is 10.9. The monoisotopic (exact) mass is 581 g/mol. The Labute approximate surface area is 228 Å². The van der Waals surface area contributed by atoms with Crippen molar-refractivity contribution >= 4 is 52.2 Å². The van der Waals surface area contributed by atoms with E-state index in [9.17, 15) is 22.8 Å². The molecule has 0 spiro atoms. The third kappa shape index (κ3) is 6.47. The number of nitrogens with zero attached hydrogens (tertiary/aromatic N) is 3. The Bertz CT molecular complexity index is 1440. The minimum atomic E-state index is -4.58. The molecule has 2 aromatic heterocycles. The van der Waals surface area contributed by atoms with E-state index in [1.807, 2.05) is 0 Å². The Morgan fingerprint density at radius 2 is 1.92 bits per heavy atom. The molecule has 0 bridgehead atoms. The molecule has 4 rings (SSSR count). The van der Waals surface area contributed by atoms with Gasteiger partial charge in [-0.1, -0.05) is 41.6 Å². The number of thioether (sulfide) groups is 1. The number of thiophene rings is 1.